The SMILES string of the molecule is CC(C)(C)c1ccc(S(=O)(=O)OC(N)=O)c(F)c1CCc1ccc(N)cc1. The number of rotatable bonds is 5. The van der Waals surface area contributed by atoms with Gasteiger partial charge >= 0.3 is 16.2 Å². The summed E-state index contributed by atoms with van der Waals surface area (Å²) in [5, 5.41) is 0. The molecule has 0 aromatic heterocycles. The molecule has 8 heteroatoms. The van der Waals surface area contributed by atoms with Crippen LogP contribution in [0.3, 0.4) is 0 Å². The first-order valence-corrected chi connectivity index (χ1v) is 9.73. The van der Waals surface area contributed by atoms with Crippen molar-refractivity contribution < 1.29 is 21.8 Å². The lowest BCUT2D eigenvalue weighted by Gasteiger charge is -2.24. The van der Waals surface area contributed by atoms with Crippen LogP contribution in [0.1, 0.15) is 37.5 Å². The Morgan fingerprint density at radius 3 is 2.19 bits per heavy atom. The lowest BCUT2D eigenvalue weighted by molar-refractivity contribution is 0.212. The molecule has 0 atom stereocenters. The predicted molar refractivity (Wildman–Crippen MR) is 101 cm³/mol. The quantitative estimate of drug-likeness (QED) is 0.597. The Morgan fingerprint density at radius 1 is 1.07 bits per heavy atom. The molecule has 4 N–H and O–H groups in total. The largest absolute Gasteiger partial charge is 0.420 e. The molecular formula is C19H23FN2O4S. The molecule has 27 heavy (non-hydrogen) atoms. The number of aryl methyl sites for hydroxylation is 1. The van der Waals surface area contributed by atoms with E-state index in [0.717, 1.165) is 11.6 Å². The lowest BCUT2D eigenvalue weighted by atomic mass is 9.82. The normalized spacial score (nSPS) is 12.0. The summed E-state index contributed by atoms with van der Waals surface area (Å²) >= 11 is 0. The van der Waals surface area contributed by atoms with Crippen molar-refractivity contribution in [2.45, 2.75) is 43.9 Å². The molecular weight excluding hydrogens is 371 g/mol. The fourth-order valence-electron chi connectivity index (χ4n) is 2.85. The third-order valence-electron chi connectivity index (χ3n) is 4.12. The minimum Gasteiger partial charge on any atom is -0.399 e. The van der Waals surface area contributed by atoms with Crippen LogP contribution in [0.5, 0.6) is 0 Å². The van der Waals surface area contributed by atoms with Gasteiger partial charge in [0.15, 0.2) is 0 Å². The van der Waals surface area contributed by atoms with E-state index in [1.165, 1.54) is 0 Å². The highest BCUT2D eigenvalue weighted by molar-refractivity contribution is 7.87. The molecule has 0 radical (unpaired) electrons. The third-order valence-corrected chi connectivity index (χ3v) is 5.36. The van der Waals surface area contributed by atoms with Gasteiger partial charge in [0.1, 0.15) is 10.7 Å². The molecule has 2 aromatic rings. The molecule has 1 amide bonds. The van der Waals surface area contributed by atoms with Crippen LogP contribution in [0.25, 0.3) is 0 Å². The first-order valence-electron chi connectivity index (χ1n) is 8.32. The highest BCUT2D eigenvalue weighted by Gasteiger charge is 2.29. The van der Waals surface area contributed by atoms with Crippen molar-refractivity contribution in [2.75, 3.05) is 5.73 Å². The molecule has 0 saturated carbocycles. The van der Waals surface area contributed by atoms with Gasteiger partial charge in [-0.2, -0.15) is 8.42 Å². The lowest BCUT2D eigenvalue weighted by Crippen LogP contribution is -2.22. The van der Waals surface area contributed by atoms with Crippen LogP contribution < -0.4 is 11.5 Å². The van der Waals surface area contributed by atoms with Crippen molar-refractivity contribution in [3.05, 3.63) is 58.9 Å². The summed E-state index contributed by atoms with van der Waals surface area (Å²) < 4.78 is 43.5. The molecule has 0 saturated heterocycles. The molecule has 2 rings (SSSR count). The van der Waals surface area contributed by atoms with E-state index < -0.39 is 32.3 Å². The molecule has 0 fully saturated rings. The van der Waals surface area contributed by atoms with Crippen molar-refractivity contribution in [1.29, 1.82) is 0 Å². The molecule has 146 valence electrons. The molecule has 0 aliphatic carbocycles. The Balaban J connectivity index is 2.49. The fourth-order valence-corrected chi connectivity index (χ4v) is 3.73. The molecule has 0 heterocycles. The minimum atomic E-state index is -4.63. The molecule has 0 unspecified atom stereocenters. The maximum Gasteiger partial charge on any atom is 0.420 e. The molecule has 2 aromatic carbocycles. The number of benzene rings is 2. The minimum absolute atomic E-state index is 0.258. The number of carbonyl (C=O) groups is 1. The molecule has 6 nitrogen and oxygen atoms in total. The van der Waals surface area contributed by atoms with Crippen LogP contribution >= 0.6 is 0 Å². The van der Waals surface area contributed by atoms with Crippen LogP contribution in [0.15, 0.2) is 41.3 Å². The van der Waals surface area contributed by atoms with Crippen LogP contribution in [0.4, 0.5) is 14.9 Å². The zero-order valence-electron chi connectivity index (χ0n) is 15.5. The standard InChI is InChI=1S/C19H23FN2O4S/c1-19(2,3)15-10-11-16(27(24,25)26-18(22)23)17(20)14(15)9-6-12-4-7-13(21)8-5-12/h4-5,7-8,10-11H,6,9,21H2,1-3H3,(H2,22,23). The molecule has 0 aliphatic rings. The van der Waals surface area contributed by atoms with Gasteiger partial charge in [0.2, 0.25) is 0 Å². The first-order chi connectivity index (χ1) is 12.4. The first kappa shape index (κ1) is 20.7. The van der Waals surface area contributed by atoms with Gasteiger partial charge in [-0.05, 0) is 53.1 Å². The summed E-state index contributed by atoms with van der Waals surface area (Å²) in [7, 11) is -4.63. The van der Waals surface area contributed by atoms with Gasteiger partial charge < -0.3 is 15.7 Å². The van der Waals surface area contributed by atoms with E-state index in [1.807, 2.05) is 32.9 Å². The fraction of sp³-hybridized carbons (Fsp3) is 0.316. The van der Waals surface area contributed by atoms with Gasteiger partial charge in [-0.1, -0.05) is 39.0 Å². The van der Waals surface area contributed by atoms with E-state index in [1.54, 1.807) is 18.2 Å². The number of hydrogen-bond acceptors (Lipinski definition) is 5. The zero-order valence-corrected chi connectivity index (χ0v) is 16.3. The topological polar surface area (TPSA) is 112 Å². The van der Waals surface area contributed by atoms with Crippen LogP contribution in [-0.4, -0.2) is 14.5 Å². The summed E-state index contributed by atoms with van der Waals surface area (Å²) in [5.41, 5.74) is 12.5. The Kier molecular flexibility index (Phi) is 5.79. The summed E-state index contributed by atoms with van der Waals surface area (Å²) in [4.78, 5) is 10.1. The van der Waals surface area contributed by atoms with E-state index in [-0.39, 0.29) is 12.0 Å². The second-order valence-corrected chi connectivity index (χ2v) is 8.77. The monoisotopic (exact) mass is 394 g/mol. The van der Waals surface area contributed by atoms with E-state index in [2.05, 4.69) is 4.18 Å². The Morgan fingerprint density at radius 2 is 1.67 bits per heavy atom. The Bertz CT molecular complexity index is 949. The maximum absolute atomic E-state index is 15.1. The summed E-state index contributed by atoms with van der Waals surface area (Å²) in [6.07, 6.45) is -0.763. The number of nitrogen functional groups attached to an aromatic ring is 1. The van der Waals surface area contributed by atoms with Crippen molar-refractivity contribution in [1.82, 2.24) is 0 Å². The summed E-state index contributed by atoms with van der Waals surface area (Å²) in [6.45, 7) is 5.72. The van der Waals surface area contributed by atoms with Crippen LogP contribution in [0, 0.1) is 5.82 Å². The van der Waals surface area contributed by atoms with E-state index >= 15 is 4.39 Å². The van der Waals surface area contributed by atoms with Crippen molar-refractivity contribution in [2.24, 2.45) is 5.73 Å². The van der Waals surface area contributed by atoms with Crippen LogP contribution in [-0.2, 0) is 32.6 Å². The molecule has 0 spiro atoms. The van der Waals surface area contributed by atoms with Crippen molar-refractivity contribution in [3.8, 4) is 0 Å². The van der Waals surface area contributed by atoms with E-state index in [9.17, 15) is 13.2 Å². The van der Waals surface area contributed by atoms with Gasteiger partial charge in [0.05, 0.1) is 0 Å². The second-order valence-electron chi connectivity index (χ2n) is 7.25. The highest BCUT2D eigenvalue weighted by Crippen LogP contribution is 2.32. The number of hydrogen-bond donors (Lipinski definition) is 2. The summed E-state index contributed by atoms with van der Waals surface area (Å²) in [6, 6.07) is 9.80. The van der Waals surface area contributed by atoms with Gasteiger partial charge in [-0.25, -0.2) is 9.18 Å². The third kappa shape index (κ3) is 4.97. The zero-order chi connectivity index (χ0) is 20.4. The molecule has 0 aliphatic heterocycles. The number of primary amides is 1. The number of anilines is 1. The smallest absolute Gasteiger partial charge is 0.399 e. The number of carbonyl (C=O) groups excluding carboxylic acids is 1. The Hall–Kier alpha value is -2.61. The highest BCUT2D eigenvalue weighted by atomic mass is 32.2. The summed E-state index contributed by atoms with van der Waals surface area (Å²) in [5.74, 6) is -0.931. The van der Waals surface area contributed by atoms with Crippen molar-refractivity contribution in [3.63, 3.8) is 0 Å². The average Bonchev–Trinajstić information content (AvgIpc) is 2.52. The number of nitrogens with two attached hydrogens (primary N) is 2. The van der Waals surface area contributed by atoms with Gasteiger partial charge in [-0.15, -0.1) is 0 Å². The molecule has 0 bridgehead atoms. The second kappa shape index (κ2) is 7.56. The van der Waals surface area contributed by atoms with Crippen molar-refractivity contribution >= 4 is 21.9 Å². The van der Waals surface area contributed by atoms with E-state index in [0.29, 0.717) is 17.7 Å². The number of amides is 1. The van der Waals surface area contributed by atoms with Crippen LogP contribution in [0.2, 0.25) is 0 Å². The average molecular weight is 394 g/mol. The number of halogens is 1. The van der Waals surface area contributed by atoms with Gasteiger partial charge in [-0.3, -0.25) is 0 Å². The Labute approximate surface area is 158 Å². The van der Waals surface area contributed by atoms with E-state index in [4.69, 9.17) is 11.5 Å². The van der Waals surface area contributed by atoms with Gasteiger partial charge in [0, 0.05) is 5.69 Å². The maximum atomic E-state index is 15.1. The predicted octanol–water partition coefficient (Wildman–Crippen LogP) is 3.27. The van der Waals surface area contributed by atoms with Gasteiger partial charge in [0.25, 0.3) is 0 Å².